The van der Waals surface area contributed by atoms with Gasteiger partial charge in [-0.1, -0.05) is 48.5 Å². The Bertz CT molecular complexity index is 719. The van der Waals surface area contributed by atoms with Gasteiger partial charge in [-0.05, 0) is 24.1 Å². The third kappa shape index (κ3) is 5.34. The highest BCUT2D eigenvalue weighted by atomic mass is 16.5. The highest BCUT2D eigenvalue weighted by Crippen LogP contribution is 2.17. The highest BCUT2D eigenvalue weighted by molar-refractivity contribution is 5.79. The second-order valence-corrected chi connectivity index (χ2v) is 6.55. The molecule has 5 heteroatoms. The molecule has 1 aliphatic rings. The van der Waals surface area contributed by atoms with Crippen molar-refractivity contribution in [1.82, 2.24) is 10.2 Å². The number of nitrogens with zero attached hydrogens (tertiary/aromatic N) is 1. The molecule has 5 nitrogen and oxygen atoms in total. The fraction of sp³-hybridized carbons (Fsp3) is 0.333. The normalized spacial score (nSPS) is 16.5. The van der Waals surface area contributed by atoms with Gasteiger partial charge >= 0.3 is 0 Å². The second kappa shape index (κ2) is 9.04. The molecule has 3 rings (SSSR count). The van der Waals surface area contributed by atoms with Gasteiger partial charge in [0.15, 0.2) is 6.61 Å². The van der Waals surface area contributed by atoms with Crippen LogP contribution >= 0.6 is 0 Å². The van der Waals surface area contributed by atoms with Crippen LogP contribution in [0.4, 0.5) is 0 Å². The van der Waals surface area contributed by atoms with Crippen molar-refractivity contribution < 1.29 is 14.3 Å². The first kappa shape index (κ1) is 18.0. The van der Waals surface area contributed by atoms with Crippen molar-refractivity contribution in [2.45, 2.75) is 12.8 Å². The lowest BCUT2D eigenvalue weighted by atomic mass is 10.1. The molecule has 0 aromatic heterocycles. The fourth-order valence-electron chi connectivity index (χ4n) is 3.09. The number of hydrogen-bond acceptors (Lipinski definition) is 3. The number of carbonyl (C=O) groups is 2. The van der Waals surface area contributed by atoms with Crippen molar-refractivity contribution in [3.63, 3.8) is 0 Å². The van der Waals surface area contributed by atoms with Crippen LogP contribution in [0.1, 0.15) is 12.0 Å². The van der Waals surface area contributed by atoms with E-state index in [4.69, 9.17) is 4.74 Å². The first-order valence-corrected chi connectivity index (χ1v) is 8.97. The number of rotatable bonds is 8. The van der Waals surface area contributed by atoms with Crippen LogP contribution in [-0.4, -0.2) is 43.0 Å². The number of nitrogens with one attached hydrogen (secondary N) is 1. The maximum atomic E-state index is 12.1. The highest BCUT2D eigenvalue weighted by Gasteiger charge is 2.29. The van der Waals surface area contributed by atoms with Crippen LogP contribution in [-0.2, 0) is 16.0 Å². The predicted molar refractivity (Wildman–Crippen MR) is 99.8 cm³/mol. The number of likely N-dealkylation sites (tertiary alicyclic amines) is 1. The molecule has 0 aliphatic carbocycles. The maximum Gasteiger partial charge on any atom is 0.257 e. The molecule has 26 heavy (non-hydrogen) atoms. The molecule has 0 bridgehead atoms. The first-order chi connectivity index (χ1) is 12.7. The summed E-state index contributed by atoms with van der Waals surface area (Å²) >= 11 is 0. The van der Waals surface area contributed by atoms with Gasteiger partial charge in [0, 0.05) is 32.0 Å². The Morgan fingerprint density at radius 1 is 1.08 bits per heavy atom. The van der Waals surface area contributed by atoms with Gasteiger partial charge in [-0.3, -0.25) is 9.59 Å². The van der Waals surface area contributed by atoms with Crippen molar-refractivity contribution in [1.29, 1.82) is 0 Å². The van der Waals surface area contributed by atoms with Crippen LogP contribution < -0.4 is 10.1 Å². The Morgan fingerprint density at radius 3 is 2.50 bits per heavy atom. The average Bonchev–Trinajstić information content (AvgIpc) is 3.04. The van der Waals surface area contributed by atoms with E-state index in [1.807, 2.05) is 53.4 Å². The quantitative estimate of drug-likeness (QED) is 0.793. The van der Waals surface area contributed by atoms with Gasteiger partial charge in [0.25, 0.3) is 5.91 Å². The van der Waals surface area contributed by atoms with Crippen molar-refractivity contribution in [2.24, 2.45) is 5.92 Å². The molecule has 1 aliphatic heterocycles. The third-order valence-electron chi connectivity index (χ3n) is 4.51. The molecule has 1 atom stereocenters. The van der Waals surface area contributed by atoms with E-state index in [1.165, 1.54) is 5.56 Å². The third-order valence-corrected chi connectivity index (χ3v) is 4.51. The molecule has 2 aromatic rings. The van der Waals surface area contributed by atoms with Gasteiger partial charge in [-0.25, -0.2) is 0 Å². The molecule has 0 saturated carbocycles. The zero-order chi connectivity index (χ0) is 18.2. The number of benzene rings is 2. The molecule has 1 unspecified atom stereocenters. The molecule has 136 valence electrons. The van der Waals surface area contributed by atoms with Crippen molar-refractivity contribution in [3.8, 4) is 5.75 Å². The molecule has 2 amide bonds. The minimum absolute atomic E-state index is 0.0115. The van der Waals surface area contributed by atoms with Crippen molar-refractivity contribution in [3.05, 3.63) is 66.2 Å². The van der Waals surface area contributed by atoms with E-state index in [0.29, 0.717) is 25.3 Å². The Hall–Kier alpha value is -2.82. The van der Waals surface area contributed by atoms with E-state index in [0.717, 1.165) is 13.0 Å². The number of hydrogen-bond donors (Lipinski definition) is 1. The van der Waals surface area contributed by atoms with E-state index in [2.05, 4.69) is 17.4 Å². The van der Waals surface area contributed by atoms with Crippen LogP contribution in [0, 0.1) is 5.92 Å². The Kier molecular flexibility index (Phi) is 6.25. The molecule has 0 spiro atoms. The van der Waals surface area contributed by atoms with E-state index >= 15 is 0 Å². The summed E-state index contributed by atoms with van der Waals surface area (Å²) in [7, 11) is 0. The Morgan fingerprint density at radius 2 is 1.77 bits per heavy atom. The van der Waals surface area contributed by atoms with E-state index in [1.54, 1.807) is 0 Å². The molecule has 1 heterocycles. The molecule has 1 fully saturated rings. The van der Waals surface area contributed by atoms with Crippen LogP contribution in [0.25, 0.3) is 0 Å². The Labute approximate surface area is 154 Å². The molecular formula is C21H24N2O3. The van der Waals surface area contributed by atoms with Crippen LogP contribution in [0.15, 0.2) is 60.7 Å². The van der Waals surface area contributed by atoms with Gasteiger partial charge in [-0.2, -0.15) is 0 Å². The predicted octanol–water partition coefficient (Wildman–Crippen LogP) is 2.27. The number of para-hydroxylation sites is 1. The molecule has 2 aromatic carbocycles. The summed E-state index contributed by atoms with van der Waals surface area (Å²) in [5.74, 6) is 0.842. The van der Waals surface area contributed by atoms with Crippen LogP contribution in [0.2, 0.25) is 0 Å². The van der Waals surface area contributed by atoms with Gasteiger partial charge in [0.2, 0.25) is 5.91 Å². The topological polar surface area (TPSA) is 58.6 Å². The lowest BCUT2D eigenvalue weighted by molar-refractivity contribution is -0.128. The summed E-state index contributed by atoms with van der Waals surface area (Å²) in [5, 5.41) is 2.87. The van der Waals surface area contributed by atoms with Crippen molar-refractivity contribution >= 4 is 11.8 Å². The van der Waals surface area contributed by atoms with Crippen LogP contribution in [0.3, 0.4) is 0 Å². The first-order valence-electron chi connectivity index (χ1n) is 8.97. The zero-order valence-electron chi connectivity index (χ0n) is 14.8. The molecule has 0 radical (unpaired) electrons. The van der Waals surface area contributed by atoms with Gasteiger partial charge < -0.3 is 15.0 Å². The minimum Gasteiger partial charge on any atom is -0.484 e. The van der Waals surface area contributed by atoms with E-state index in [9.17, 15) is 9.59 Å². The summed E-state index contributed by atoms with van der Waals surface area (Å²) in [6.45, 7) is 1.92. The second-order valence-electron chi connectivity index (χ2n) is 6.55. The van der Waals surface area contributed by atoms with Gasteiger partial charge in [0.05, 0.1) is 0 Å². The number of ether oxygens (including phenoxy) is 1. The largest absolute Gasteiger partial charge is 0.484 e. The van der Waals surface area contributed by atoms with Crippen molar-refractivity contribution in [2.75, 3.05) is 26.2 Å². The maximum absolute atomic E-state index is 12.1. The number of carbonyl (C=O) groups excluding carboxylic acids is 2. The van der Waals surface area contributed by atoms with Gasteiger partial charge in [-0.15, -0.1) is 0 Å². The molecular weight excluding hydrogens is 328 g/mol. The summed E-state index contributed by atoms with van der Waals surface area (Å²) in [5.41, 5.74) is 1.23. The minimum atomic E-state index is -0.163. The van der Waals surface area contributed by atoms with Crippen LogP contribution in [0.5, 0.6) is 5.75 Å². The lowest BCUT2D eigenvalue weighted by Gasteiger charge is -2.17. The summed E-state index contributed by atoms with van der Waals surface area (Å²) in [6.07, 6.45) is 1.35. The van der Waals surface area contributed by atoms with E-state index < -0.39 is 0 Å². The molecule has 1 N–H and O–H groups in total. The smallest absolute Gasteiger partial charge is 0.257 e. The van der Waals surface area contributed by atoms with Gasteiger partial charge in [0.1, 0.15) is 5.75 Å². The summed E-state index contributed by atoms with van der Waals surface area (Å²) < 4.78 is 5.42. The fourth-order valence-corrected chi connectivity index (χ4v) is 3.09. The lowest BCUT2D eigenvalue weighted by Crippen LogP contribution is -2.34. The molecule has 1 saturated heterocycles. The average molecular weight is 352 g/mol. The SMILES string of the molecule is O=C(COc1ccccc1)NCC1CC(=O)N(CCc2ccccc2)C1. The number of amides is 2. The zero-order valence-corrected chi connectivity index (χ0v) is 14.8. The van der Waals surface area contributed by atoms with E-state index in [-0.39, 0.29) is 24.3 Å². The summed E-state index contributed by atoms with van der Waals surface area (Å²) in [4.78, 5) is 26.0. The standard InChI is InChI=1S/C21H24N2O3/c24-20(16-26-19-9-5-2-6-10-19)22-14-18-13-21(25)23(15-18)12-11-17-7-3-1-4-8-17/h1-10,18H,11-16H2,(H,22,24). The summed E-state index contributed by atoms with van der Waals surface area (Å²) in [6, 6.07) is 19.4. The monoisotopic (exact) mass is 352 g/mol. The Balaban J connectivity index is 1.36.